The van der Waals surface area contributed by atoms with Crippen molar-refractivity contribution in [3.05, 3.63) is 0 Å². The van der Waals surface area contributed by atoms with Crippen LogP contribution in [-0.4, -0.2) is 11.2 Å². The second-order valence-corrected chi connectivity index (χ2v) is 6.83. The van der Waals surface area contributed by atoms with E-state index in [2.05, 4.69) is 13.8 Å². The molecule has 128 valence electrons. The standard InChI is InChI=1S/C20H42O/c1-3-5-7-9-11-12-13-15-17-19-20(21)18-16-14-10-8-6-4-2/h20-21H,3-19H2,1-2H3/t20-/m1/s1. The molecule has 0 spiro atoms. The Labute approximate surface area is 134 Å². The van der Waals surface area contributed by atoms with Gasteiger partial charge in [0.2, 0.25) is 0 Å². The summed E-state index contributed by atoms with van der Waals surface area (Å²) >= 11 is 0. The third-order valence-electron chi connectivity index (χ3n) is 4.53. The van der Waals surface area contributed by atoms with Crippen molar-refractivity contribution in [1.82, 2.24) is 0 Å². The molecule has 1 nitrogen and oxygen atoms in total. The van der Waals surface area contributed by atoms with Crippen LogP contribution in [0.15, 0.2) is 0 Å². The molecule has 0 saturated heterocycles. The van der Waals surface area contributed by atoms with E-state index in [9.17, 15) is 5.11 Å². The molecule has 0 heterocycles. The largest absolute Gasteiger partial charge is 0.393 e. The van der Waals surface area contributed by atoms with Crippen LogP contribution in [-0.2, 0) is 0 Å². The summed E-state index contributed by atoms with van der Waals surface area (Å²) in [5, 5.41) is 9.95. The van der Waals surface area contributed by atoms with Crippen LogP contribution in [0.4, 0.5) is 0 Å². The molecule has 0 radical (unpaired) electrons. The van der Waals surface area contributed by atoms with Crippen LogP contribution in [0.5, 0.6) is 0 Å². The zero-order valence-electron chi connectivity index (χ0n) is 15.0. The minimum atomic E-state index is -0.0271. The molecule has 1 atom stereocenters. The smallest absolute Gasteiger partial charge is 0.0540 e. The third kappa shape index (κ3) is 17.9. The molecular formula is C20H42O. The molecule has 0 aliphatic carbocycles. The molecule has 21 heavy (non-hydrogen) atoms. The first-order valence-electron chi connectivity index (χ1n) is 9.99. The van der Waals surface area contributed by atoms with Gasteiger partial charge < -0.3 is 5.11 Å². The summed E-state index contributed by atoms with van der Waals surface area (Å²) in [5.74, 6) is 0. The summed E-state index contributed by atoms with van der Waals surface area (Å²) in [6, 6.07) is 0. The van der Waals surface area contributed by atoms with E-state index in [1.54, 1.807) is 0 Å². The molecule has 0 saturated carbocycles. The highest BCUT2D eigenvalue weighted by molar-refractivity contribution is 4.57. The lowest BCUT2D eigenvalue weighted by atomic mass is 10.0. The molecular weight excluding hydrogens is 256 g/mol. The first-order chi connectivity index (χ1) is 10.3. The lowest BCUT2D eigenvalue weighted by Gasteiger charge is -2.10. The molecule has 0 fully saturated rings. The van der Waals surface area contributed by atoms with Crippen molar-refractivity contribution in [2.75, 3.05) is 0 Å². The Bertz CT molecular complexity index is 179. The second-order valence-electron chi connectivity index (χ2n) is 6.83. The van der Waals surface area contributed by atoms with Crippen molar-refractivity contribution in [2.45, 2.75) is 129 Å². The maximum absolute atomic E-state index is 9.95. The van der Waals surface area contributed by atoms with Crippen molar-refractivity contribution < 1.29 is 5.11 Å². The first kappa shape index (κ1) is 21.0. The third-order valence-corrected chi connectivity index (χ3v) is 4.53. The van der Waals surface area contributed by atoms with Gasteiger partial charge in [-0.05, 0) is 12.8 Å². The second kappa shape index (κ2) is 18.0. The van der Waals surface area contributed by atoms with Gasteiger partial charge in [-0.3, -0.25) is 0 Å². The van der Waals surface area contributed by atoms with Crippen molar-refractivity contribution in [1.29, 1.82) is 0 Å². The van der Waals surface area contributed by atoms with Crippen LogP contribution in [0.3, 0.4) is 0 Å². The van der Waals surface area contributed by atoms with Crippen molar-refractivity contribution in [3.8, 4) is 0 Å². The summed E-state index contributed by atoms with van der Waals surface area (Å²) < 4.78 is 0. The molecule has 0 aromatic rings. The Morgan fingerprint density at radius 1 is 0.476 bits per heavy atom. The molecule has 0 rings (SSSR count). The molecule has 1 heteroatoms. The number of hydrogen-bond donors (Lipinski definition) is 1. The van der Waals surface area contributed by atoms with E-state index >= 15 is 0 Å². The van der Waals surface area contributed by atoms with E-state index in [1.807, 2.05) is 0 Å². The van der Waals surface area contributed by atoms with Crippen molar-refractivity contribution in [3.63, 3.8) is 0 Å². The van der Waals surface area contributed by atoms with E-state index < -0.39 is 0 Å². The van der Waals surface area contributed by atoms with Gasteiger partial charge in [-0.1, -0.05) is 110 Å². The predicted octanol–water partition coefficient (Wildman–Crippen LogP) is 7.02. The monoisotopic (exact) mass is 298 g/mol. The molecule has 0 aliphatic heterocycles. The van der Waals surface area contributed by atoms with Crippen LogP contribution >= 0.6 is 0 Å². The number of rotatable bonds is 17. The van der Waals surface area contributed by atoms with Gasteiger partial charge in [0.25, 0.3) is 0 Å². The van der Waals surface area contributed by atoms with E-state index in [1.165, 1.54) is 96.3 Å². The number of hydrogen-bond acceptors (Lipinski definition) is 1. The van der Waals surface area contributed by atoms with E-state index in [4.69, 9.17) is 0 Å². The topological polar surface area (TPSA) is 20.2 Å². The van der Waals surface area contributed by atoms with Gasteiger partial charge in [0.1, 0.15) is 0 Å². The van der Waals surface area contributed by atoms with Gasteiger partial charge in [0.15, 0.2) is 0 Å². The molecule has 0 bridgehead atoms. The average Bonchev–Trinajstić information content (AvgIpc) is 2.49. The van der Waals surface area contributed by atoms with Crippen LogP contribution in [0.25, 0.3) is 0 Å². The minimum absolute atomic E-state index is 0.0271. The maximum Gasteiger partial charge on any atom is 0.0540 e. The highest BCUT2D eigenvalue weighted by Gasteiger charge is 2.03. The van der Waals surface area contributed by atoms with Gasteiger partial charge in [-0.2, -0.15) is 0 Å². The number of unbranched alkanes of at least 4 members (excludes halogenated alkanes) is 13. The molecule has 0 amide bonds. The van der Waals surface area contributed by atoms with Gasteiger partial charge in [0, 0.05) is 0 Å². The van der Waals surface area contributed by atoms with Crippen LogP contribution in [0, 0.1) is 0 Å². The van der Waals surface area contributed by atoms with Gasteiger partial charge >= 0.3 is 0 Å². The Morgan fingerprint density at radius 2 is 0.762 bits per heavy atom. The molecule has 0 aromatic carbocycles. The van der Waals surface area contributed by atoms with Crippen LogP contribution < -0.4 is 0 Å². The Hall–Kier alpha value is -0.0400. The summed E-state index contributed by atoms with van der Waals surface area (Å²) in [5.41, 5.74) is 0. The molecule has 0 unspecified atom stereocenters. The Kier molecular flexibility index (Phi) is 18.0. The van der Waals surface area contributed by atoms with E-state index in [0.717, 1.165) is 12.8 Å². The maximum atomic E-state index is 9.95. The molecule has 1 N–H and O–H groups in total. The predicted molar refractivity (Wildman–Crippen MR) is 95.8 cm³/mol. The van der Waals surface area contributed by atoms with Crippen LogP contribution in [0.2, 0.25) is 0 Å². The average molecular weight is 299 g/mol. The SMILES string of the molecule is CCCCCCCCCCC[C@H](O)CCCCCCCC. The fourth-order valence-electron chi connectivity index (χ4n) is 3.00. The van der Waals surface area contributed by atoms with Crippen LogP contribution in [0.1, 0.15) is 123 Å². The first-order valence-corrected chi connectivity index (χ1v) is 9.99. The van der Waals surface area contributed by atoms with Crippen molar-refractivity contribution in [2.24, 2.45) is 0 Å². The van der Waals surface area contributed by atoms with E-state index in [-0.39, 0.29) is 6.10 Å². The Morgan fingerprint density at radius 3 is 1.10 bits per heavy atom. The summed E-state index contributed by atoms with van der Waals surface area (Å²) in [6.07, 6.45) is 22.3. The zero-order chi connectivity index (χ0) is 15.6. The van der Waals surface area contributed by atoms with Crippen molar-refractivity contribution >= 4 is 0 Å². The quantitative estimate of drug-likeness (QED) is 0.286. The lowest BCUT2D eigenvalue weighted by molar-refractivity contribution is 0.147. The Balaban J connectivity index is 3.10. The minimum Gasteiger partial charge on any atom is -0.393 e. The van der Waals surface area contributed by atoms with Gasteiger partial charge in [0.05, 0.1) is 6.10 Å². The normalized spacial score (nSPS) is 12.7. The zero-order valence-corrected chi connectivity index (χ0v) is 15.0. The number of aliphatic hydroxyl groups excluding tert-OH is 1. The lowest BCUT2D eigenvalue weighted by Crippen LogP contribution is -2.05. The fraction of sp³-hybridized carbons (Fsp3) is 1.00. The van der Waals surface area contributed by atoms with Gasteiger partial charge in [-0.15, -0.1) is 0 Å². The number of aliphatic hydroxyl groups is 1. The highest BCUT2D eigenvalue weighted by atomic mass is 16.3. The fourth-order valence-corrected chi connectivity index (χ4v) is 3.00. The molecule has 0 aromatic heterocycles. The van der Waals surface area contributed by atoms with E-state index in [0.29, 0.717) is 0 Å². The van der Waals surface area contributed by atoms with Gasteiger partial charge in [-0.25, -0.2) is 0 Å². The summed E-state index contributed by atoms with van der Waals surface area (Å²) in [6.45, 7) is 4.53. The molecule has 0 aliphatic rings. The summed E-state index contributed by atoms with van der Waals surface area (Å²) in [4.78, 5) is 0. The highest BCUT2D eigenvalue weighted by Crippen LogP contribution is 2.14. The summed E-state index contributed by atoms with van der Waals surface area (Å²) in [7, 11) is 0.